The lowest BCUT2D eigenvalue weighted by Crippen LogP contribution is -2.33. The van der Waals surface area contributed by atoms with Gasteiger partial charge in [-0.05, 0) is 49.6 Å². The fourth-order valence-electron chi connectivity index (χ4n) is 4.43. The number of amides is 2. The molecule has 1 N–H and O–H groups in total. The second-order valence-electron chi connectivity index (χ2n) is 8.53. The fourth-order valence-corrected chi connectivity index (χ4v) is 4.43. The first-order valence-corrected chi connectivity index (χ1v) is 11.6. The number of ether oxygens (including phenoxy) is 1. The molecule has 0 unspecified atom stereocenters. The van der Waals surface area contributed by atoms with E-state index in [1.165, 1.54) is 12.6 Å². The van der Waals surface area contributed by atoms with Crippen LogP contribution < -0.4 is 10.2 Å². The summed E-state index contributed by atoms with van der Waals surface area (Å²) >= 11 is 0. The summed E-state index contributed by atoms with van der Waals surface area (Å²) in [6, 6.07) is 9.24. The summed E-state index contributed by atoms with van der Waals surface area (Å²) < 4.78 is 7.20. The van der Waals surface area contributed by atoms with Crippen molar-refractivity contribution in [1.82, 2.24) is 14.5 Å². The number of hydrogen-bond acceptors (Lipinski definition) is 5. The number of nitrogens with zero attached hydrogens (tertiary/aromatic N) is 4. The molecule has 4 rings (SSSR count). The number of pyridine rings is 1. The van der Waals surface area contributed by atoms with Crippen molar-refractivity contribution in [1.29, 1.82) is 0 Å². The Bertz CT molecular complexity index is 1110. The molecule has 3 aromatic rings. The minimum atomic E-state index is -0.267. The summed E-state index contributed by atoms with van der Waals surface area (Å²) in [6.45, 7) is 1.21. The van der Waals surface area contributed by atoms with Crippen LogP contribution in [0.15, 0.2) is 42.7 Å². The standard InChI is InChI=1S/C25H31N5O3/c1-29(24(32)18-8-4-3-5-9-18)20-11-12-21-22(16-20)30(14-7-15-33-2)25(27-21)28-23(31)19-10-6-13-26-17-19/h6,10-13,16-18H,3-5,7-9,14-15H2,1-2H3,(H,27,28,31). The van der Waals surface area contributed by atoms with Gasteiger partial charge in [0.15, 0.2) is 0 Å². The second-order valence-corrected chi connectivity index (χ2v) is 8.53. The average molecular weight is 450 g/mol. The number of imidazole rings is 1. The van der Waals surface area contributed by atoms with Gasteiger partial charge in [-0.15, -0.1) is 0 Å². The molecule has 174 valence electrons. The topological polar surface area (TPSA) is 89.3 Å². The minimum Gasteiger partial charge on any atom is -0.385 e. The van der Waals surface area contributed by atoms with E-state index in [-0.39, 0.29) is 17.7 Å². The second kappa shape index (κ2) is 10.6. The molecule has 0 bridgehead atoms. The van der Waals surface area contributed by atoms with Gasteiger partial charge in [0.05, 0.1) is 16.6 Å². The van der Waals surface area contributed by atoms with Crippen molar-refractivity contribution in [3.63, 3.8) is 0 Å². The first kappa shape index (κ1) is 22.9. The quantitative estimate of drug-likeness (QED) is 0.519. The molecule has 0 aliphatic heterocycles. The van der Waals surface area contributed by atoms with Crippen molar-refractivity contribution in [2.24, 2.45) is 5.92 Å². The number of aryl methyl sites for hydroxylation is 1. The van der Waals surface area contributed by atoms with E-state index >= 15 is 0 Å². The number of rotatable bonds is 8. The lowest BCUT2D eigenvalue weighted by molar-refractivity contribution is -0.123. The first-order valence-electron chi connectivity index (χ1n) is 11.6. The van der Waals surface area contributed by atoms with Crippen molar-refractivity contribution in [2.75, 3.05) is 31.0 Å². The van der Waals surface area contributed by atoms with Crippen LogP contribution in [0.25, 0.3) is 11.0 Å². The summed E-state index contributed by atoms with van der Waals surface area (Å²) in [5.74, 6) is 0.467. The molecule has 8 nitrogen and oxygen atoms in total. The zero-order chi connectivity index (χ0) is 23.2. The molecular weight excluding hydrogens is 418 g/mol. The molecule has 2 aromatic heterocycles. The lowest BCUT2D eigenvalue weighted by Gasteiger charge is -2.26. The Hall–Kier alpha value is -3.26. The molecule has 0 radical (unpaired) electrons. The highest BCUT2D eigenvalue weighted by Crippen LogP contribution is 2.29. The van der Waals surface area contributed by atoms with Crippen molar-refractivity contribution in [3.05, 3.63) is 48.3 Å². The number of methoxy groups -OCH3 is 1. The number of carbonyl (C=O) groups excluding carboxylic acids is 2. The number of anilines is 2. The van der Waals surface area contributed by atoms with Crippen molar-refractivity contribution in [2.45, 2.75) is 45.1 Å². The highest BCUT2D eigenvalue weighted by molar-refractivity contribution is 6.04. The van der Waals surface area contributed by atoms with Gasteiger partial charge in [-0.25, -0.2) is 4.98 Å². The molecule has 0 saturated heterocycles. The van der Waals surface area contributed by atoms with Crippen molar-refractivity contribution >= 4 is 34.5 Å². The van der Waals surface area contributed by atoms with Crippen LogP contribution in [0.2, 0.25) is 0 Å². The van der Waals surface area contributed by atoms with Gasteiger partial charge in [0.25, 0.3) is 5.91 Å². The molecule has 0 spiro atoms. The van der Waals surface area contributed by atoms with Gasteiger partial charge in [0.1, 0.15) is 0 Å². The van der Waals surface area contributed by atoms with Crippen LogP contribution >= 0.6 is 0 Å². The number of benzene rings is 1. The van der Waals surface area contributed by atoms with E-state index in [0.717, 1.165) is 48.8 Å². The van der Waals surface area contributed by atoms with Crippen molar-refractivity contribution < 1.29 is 14.3 Å². The van der Waals surface area contributed by atoms with Gasteiger partial charge in [-0.1, -0.05) is 19.3 Å². The van der Waals surface area contributed by atoms with Gasteiger partial charge < -0.3 is 14.2 Å². The predicted octanol–water partition coefficient (Wildman–Crippen LogP) is 4.26. The molecule has 2 amide bonds. The van der Waals surface area contributed by atoms with E-state index in [4.69, 9.17) is 4.74 Å². The van der Waals surface area contributed by atoms with Crippen LogP contribution in [0.3, 0.4) is 0 Å². The maximum absolute atomic E-state index is 13.1. The van der Waals surface area contributed by atoms with E-state index < -0.39 is 0 Å². The van der Waals surface area contributed by atoms with E-state index in [9.17, 15) is 9.59 Å². The Morgan fingerprint density at radius 1 is 1.21 bits per heavy atom. The third-order valence-electron chi connectivity index (χ3n) is 6.28. The maximum Gasteiger partial charge on any atom is 0.259 e. The number of carbonyl (C=O) groups is 2. The number of hydrogen-bond donors (Lipinski definition) is 1. The predicted molar refractivity (Wildman–Crippen MR) is 128 cm³/mol. The Balaban J connectivity index is 1.63. The van der Waals surface area contributed by atoms with Crippen LogP contribution in [0, 0.1) is 5.92 Å². The van der Waals surface area contributed by atoms with Crippen LogP contribution in [0.5, 0.6) is 0 Å². The summed E-state index contributed by atoms with van der Waals surface area (Å²) in [5.41, 5.74) is 2.92. The minimum absolute atomic E-state index is 0.0976. The van der Waals surface area contributed by atoms with Gasteiger partial charge >= 0.3 is 0 Å². The van der Waals surface area contributed by atoms with Crippen LogP contribution in [-0.2, 0) is 16.1 Å². The summed E-state index contributed by atoms with van der Waals surface area (Å²) in [5, 5.41) is 2.92. The Morgan fingerprint density at radius 3 is 2.76 bits per heavy atom. The van der Waals surface area contributed by atoms with Gasteiger partial charge in [-0.3, -0.25) is 19.9 Å². The van der Waals surface area contributed by atoms with E-state index in [0.29, 0.717) is 24.7 Å². The molecule has 2 heterocycles. The highest BCUT2D eigenvalue weighted by atomic mass is 16.5. The highest BCUT2D eigenvalue weighted by Gasteiger charge is 2.25. The summed E-state index contributed by atoms with van der Waals surface area (Å²) in [4.78, 5) is 36.2. The Morgan fingerprint density at radius 2 is 2.03 bits per heavy atom. The molecule has 33 heavy (non-hydrogen) atoms. The van der Waals surface area contributed by atoms with Gasteiger partial charge in [0, 0.05) is 51.3 Å². The zero-order valence-corrected chi connectivity index (χ0v) is 19.3. The number of fused-ring (bicyclic) bond motifs is 1. The van der Waals surface area contributed by atoms with Crippen LogP contribution in [-0.4, -0.2) is 47.1 Å². The van der Waals surface area contributed by atoms with E-state index in [2.05, 4.69) is 15.3 Å². The maximum atomic E-state index is 13.1. The van der Waals surface area contributed by atoms with Crippen LogP contribution in [0.1, 0.15) is 48.9 Å². The average Bonchev–Trinajstić information content (AvgIpc) is 3.20. The fraction of sp³-hybridized carbons (Fsp3) is 0.440. The molecule has 1 aliphatic rings. The van der Waals surface area contributed by atoms with E-state index in [1.807, 2.05) is 29.8 Å². The van der Waals surface area contributed by atoms with Crippen molar-refractivity contribution in [3.8, 4) is 0 Å². The smallest absolute Gasteiger partial charge is 0.259 e. The zero-order valence-electron chi connectivity index (χ0n) is 19.3. The van der Waals surface area contributed by atoms with Gasteiger partial charge in [-0.2, -0.15) is 0 Å². The normalized spacial score (nSPS) is 14.4. The monoisotopic (exact) mass is 449 g/mol. The molecular formula is C25H31N5O3. The lowest BCUT2D eigenvalue weighted by atomic mass is 9.88. The summed E-state index contributed by atoms with van der Waals surface area (Å²) in [6.07, 6.45) is 9.30. The first-order chi connectivity index (χ1) is 16.1. The number of aromatic nitrogens is 3. The Kier molecular flexibility index (Phi) is 7.34. The largest absolute Gasteiger partial charge is 0.385 e. The molecule has 1 fully saturated rings. The number of nitrogens with one attached hydrogen (secondary N) is 1. The Labute approximate surface area is 194 Å². The summed E-state index contributed by atoms with van der Waals surface area (Å²) in [7, 11) is 3.51. The molecule has 1 saturated carbocycles. The third kappa shape index (κ3) is 5.22. The van der Waals surface area contributed by atoms with Crippen LogP contribution in [0.4, 0.5) is 11.6 Å². The molecule has 1 aromatic carbocycles. The molecule has 0 atom stereocenters. The SMILES string of the molecule is COCCCn1c(NC(=O)c2cccnc2)nc2ccc(N(C)C(=O)C3CCCCC3)cc21. The molecule has 8 heteroatoms. The molecule has 1 aliphatic carbocycles. The van der Waals surface area contributed by atoms with E-state index in [1.54, 1.807) is 30.3 Å². The third-order valence-corrected chi connectivity index (χ3v) is 6.28. The van der Waals surface area contributed by atoms with Gasteiger partial charge in [0.2, 0.25) is 11.9 Å².